The second kappa shape index (κ2) is 8.66. The van der Waals surface area contributed by atoms with Crippen molar-refractivity contribution >= 4 is 10.1 Å². The van der Waals surface area contributed by atoms with Gasteiger partial charge in [0.15, 0.2) is 0 Å². The van der Waals surface area contributed by atoms with Crippen molar-refractivity contribution in [3.63, 3.8) is 0 Å². The van der Waals surface area contributed by atoms with Gasteiger partial charge in [0, 0.05) is 0 Å². The van der Waals surface area contributed by atoms with Crippen LogP contribution in [0.4, 0.5) is 0 Å². The molecule has 1 heterocycles. The van der Waals surface area contributed by atoms with Gasteiger partial charge in [-0.05, 0) is 0 Å². The standard InChI is InChI=1S/C6H12NO5.ClH.Cu.H2O/c7-3-5(10)4(9)2(1-8)12-6(3)11;;;/h2-11H,1H2;1H;;1H2/q-1;;+2;/p-1. The number of halogens is 1. The molecule has 1 aliphatic heterocycles. The first-order valence-electron chi connectivity index (χ1n) is 3.71. The van der Waals surface area contributed by atoms with Gasteiger partial charge in [0.1, 0.15) is 18.5 Å². The fourth-order valence-corrected chi connectivity index (χ4v) is 1.10. The Balaban J connectivity index is 0. The number of nitrogens with one attached hydrogen (secondary N) is 1. The Morgan fingerprint density at radius 1 is 1.20 bits per heavy atom. The van der Waals surface area contributed by atoms with Crippen molar-refractivity contribution < 1.29 is 45.7 Å². The molecule has 7 nitrogen and oxygen atoms in total. The van der Waals surface area contributed by atoms with Crippen LogP contribution in [0, 0.1) is 0 Å². The maximum absolute atomic E-state index is 9.16. The molecule has 7 N–H and O–H groups in total. The zero-order valence-corrected chi connectivity index (χ0v) is 9.17. The van der Waals surface area contributed by atoms with E-state index in [1.165, 1.54) is 0 Å². The van der Waals surface area contributed by atoms with Crippen molar-refractivity contribution in [1.82, 2.24) is 0 Å². The Morgan fingerprint density at radius 3 is 2.07 bits per heavy atom. The predicted molar refractivity (Wildman–Crippen MR) is 47.6 cm³/mol. The summed E-state index contributed by atoms with van der Waals surface area (Å²) in [6.45, 7) is -0.498. The SMILES string of the molecule is O.[Cl][Cu+].[NH-]C1C(O)OC(CO)C(O)C1O. The fourth-order valence-electron chi connectivity index (χ4n) is 1.10. The Kier molecular flexibility index (Phi) is 10.3. The van der Waals surface area contributed by atoms with Crippen LogP contribution in [0.25, 0.3) is 5.73 Å². The van der Waals surface area contributed by atoms with Crippen molar-refractivity contribution in [3.8, 4) is 0 Å². The third kappa shape index (κ3) is 4.49. The number of rotatable bonds is 1. The van der Waals surface area contributed by atoms with Gasteiger partial charge < -0.3 is 36.4 Å². The van der Waals surface area contributed by atoms with Crippen molar-refractivity contribution in [2.24, 2.45) is 0 Å². The number of hydrogen-bond acceptors (Lipinski definition) is 5. The molecule has 0 amide bonds. The number of ether oxygens (including phenoxy) is 1. The summed E-state index contributed by atoms with van der Waals surface area (Å²) in [6, 6.07) is -1.29. The van der Waals surface area contributed by atoms with E-state index in [1.54, 1.807) is 0 Å². The second-order valence-corrected chi connectivity index (χ2v) is 2.75. The minimum atomic E-state index is -1.46. The molecule has 0 aliphatic carbocycles. The maximum atomic E-state index is 9.16. The molecule has 0 spiro atoms. The molecular weight excluding hydrogens is 281 g/mol. The van der Waals surface area contributed by atoms with E-state index in [0.29, 0.717) is 0 Å². The quantitative estimate of drug-likeness (QED) is 0.402. The first kappa shape index (κ1) is 17.9. The summed E-state index contributed by atoms with van der Waals surface area (Å²) in [6.07, 6.45) is -5.18. The second-order valence-electron chi connectivity index (χ2n) is 2.75. The van der Waals surface area contributed by atoms with Gasteiger partial charge in [0.05, 0.1) is 12.7 Å². The molecule has 0 saturated carbocycles. The normalized spacial score (nSPS) is 39.9. The monoisotopic (exact) mass is 294 g/mol. The van der Waals surface area contributed by atoms with Crippen molar-refractivity contribution in [1.29, 1.82) is 0 Å². The van der Waals surface area contributed by atoms with Crippen molar-refractivity contribution in [3.05, 3.63) is 5.73 Å². The van der Waals surface area contributed by atoms with E-state index < -0.39 is 37.3 Å². The van der Waals surface area contributed by atoms with E-state index in [1.807, 2.05) is 0 Å². The molecule has 5 atom stereocenters. The summed E-state index contributed by atoms with van der Waals surface area (Å²) in [5.41, 5.74) is 7.11. The minimum Gasteiger partial charge on any atom is -0.668 e. The molecule has 0 aromatic heterocycles. The van der Waals surface area contributed by atoms with Crippen LogP contribution in [0.5, 0.6) is 0 Å². The molecule has 0 radical (unpaired) electrons. The maximum Gasteiger partial charge on any atom is 0.141 e. The average Bonchev–Trinajstić information content (AvgIpc) is 2.23. The van der Waals surface area contributed by atoms with Gasteiger partial charge >= 0.3 is 25.2 Å². The minimum absolute atomic E-state index is 0. The van der Waals surface area contributed by atoms with Crippen LogP contribution < -0.4 is 0 Å². The van der Waals surface area contributed by atoms with Crippen LogP contribution in [-0.4, -0.2) is 63.2 Å². The van der Waals surface area contributed by atoms with E-state index in [9.17, 15) is 0 Å². The van der Waals surface area contributed by atoms with E-state index in [0.717, 1.165) is 0 Å². The summed E-state index contributed by atoms with van der Waals surface area (Å²) < 4.78 is 4.64. The molecule has 0 aromatic rings. The smallest absolute Gasteiger partial charge is 0.141 e. The molecule has 1 rings (SSSR count). The molecule has 1 fully saturated rings. The van der Waals surface area contributed by atoms with E-state index in [4.69, 9.17) is 26.2 Å². The van der Waals surface area contributed by atoms with Crippen LogP contribution in [0.2, 0.25) is 0 Å². The molecule has 1 aliphatic rings. The van der Waals surface area contributed by atoms with E-state index >= 15 is 0 Å². The topological polar surface area (TPSA) is 145 Å². The van der Waals surface area contributed by atoms with Gasteiger partial charge in [0.25, 0.3) is 0 Å². The Morgan fingerprint density at radius 2 is 1.67 bits per heavy atom. The Labute approximate surface area is 99.1 Å². The molecule has 97 valence electrons. The number of aliphatic hydroxyl groups is 4. The first-order chi connectivity index (χ1) is 6.57. The Hall–Kier alpha value is 0.529. The molecule has 0 bridgehead atoms. The molecule has 5 unspecified atom stereocenters. The predicted octanol–water partition coefficient (Wildman–Crippen LogP) is -2.30. The zero-order valence-electron chi connectivity index (χ0n) is 7.47. The molecule has 15 heavy (non-hydrogen) atoms. The van der Waals surface area contributed by atoms with Gasteiger partial charge in [-0.25, -0.2) is 0 Å². The van der Waals surface area contributed by atoms with E-state index in [-0.39, 0.29) is 5.48 Å². The van der Waals surface area contributed by atoms with Gasteiger partial charge in [-0.2, -0.15) is 0 Å². The fraction of sp³-hybridized carbons (Fsp3) is 1.00. The average molecular weight is 295 g/mol. The third-order valence-corrected chi connectivity index (χ3v) is 1.90. The van der Waals surface area contributed by atoms with Crippen LogP contribution in [0.15, 0.2) is 0 Å². The van der Waals surface area contributed by atoms with Crippen molar-refractivity contribution in [2.75, 3.05) is 6.61 Å². The molecule has 1 saturated heterocycles. The largest absolute Gasteiger partial charge is 0.668 e. The number of hydrogen-bond donors (Lipinski definition) is 4. The summed E-state index contributed by atoms with van der Waals surface area (Å²) in [7, 11) is 4.20. The van der Waals surface area contributed by atoms with Crippen molar-refractivity contribution in [2.45, 2.75) is 30.6 Å². The van der Waals surface area contributed by atoms with Crippen LogP contribution in [0.3, 0.4) is 0 Å². The number of aliphatic hydroxyl groups excluding tert-OH is 4. The zero-order chi connectivity index (χ0) is 11.3. The van der Waals surface area contributed by atoms with Crippen LogP contribution >= 0.6 is 10.1 Å². The van der Waals surface area contributed by atoms with Gasteiger partial charge in [-0.1, -0.05) is 6.04 Å². The molecular formula is C6H14ClCuNO6. The van der Waals surface area contributed by atoms with Gasteiger partial charge in [0.2, 0.25) is 0 Å². The third-order valence-electron chi connectivity index (χ3n) is 1.90. The Bertz CT molecular complexity index is 162. The summed E-state index contributed by atoms with van der Waals surface area (Å²) >= 11 is 3.66. The summed E-state index contributed by atoms with van der Waals surface area (Å²) in [4.78, 5) is 0. The van der Waals surface area contributed by atoms with Gasteiger partial charge in [-0.3, -0.25) is 0 Å². The molecule has 0 aromatic carbocycles. The molecule has 9 heteroatoms. The first-order valence-corrected chi connectivity index (χ1v) is 5.00. The van der Waals surface area contributed by atoms with Crippen LogP contribution in [0.1, 0.15) is 0 Å². The van der Waals surface area contributed by atoms with E-state index in [2.05, 4.69) is 29.9 Å². The summed E-state index contributed by atoms with van der Waals surface area (Å²) in [5, 5.41) is 35.9. The summed E-state index contributed by atoms with van der Waals surface area (Å²) in [5.74, 6) is 0. The van der Waals surface area contributed by atoms with Gasteiger partial charge in [-0.15, -0.1) is 0 Å². The van der Waals surface area contributed by atoms with Crippen LogP contribution in [-0.2, 0) is 19.8 Å².